The molecule has 7 nitrogen and oxygen atoms in total. The minimum Gasteiger partial charge on any atom is -0.481 e. The van der Waals surface area contributed by atoms with Gasteiger partial charge in [0.25, 0.3) is 5.91 Å². The van der Waals surface area contributed by atoms with Gasteiger partial charge in [-0.3, -0.25) is 9.59 Å². The minimum atomic E-state index is -4.79. The average Bonchev–Trinajstić information content (AvgIpc) is 2.54. The highest BCUT2D eigenvalue weighted by Gasteiger charge is 2.51. The Morgan fingerprint density at radius 1 is 1.08 bits per heavy atom. The molecule has 11 heteroatoms. The third kappa shape index (κ3) is 2.72. The molecule has 1 aromatic carbocycles. The lowest BCUT2D eigenvalue weighted by molar-refractivity contribution is -0.179. The summed E-state index contributed by atoms with van der Waals surface area (Å²) in [5.74, 6) is -2.65. The van der Waals surface area contributed by atoms with E-state index in [-0.39, 0.29) is 18.0 Å². The maximum absolute atomic E-state index is 14.4. The number of carbonyl (C=O) groups excluding carboxylic acids is 3. The van der Waals surface area contributed by atoms with Crippen LogP contribution in [0.1, 0.15) is 6.42 Å². The van der Waals surface area contributed by atoms with Gasteiger partial charge >= 0.3 is 12.2 Å². The number of halogens is 4. The zero-order valence-corrected chi connectivity index (χ0v) is 13.6. The molecule has 0 aliphatic carbocycles. The van der Waals surface area contributed by atoms with E-state index in [2.05, 4.69) is 0 Å². The molecule has 3 rings (SSSR count). The van der Waals surface area contributed by atoms with Crippen LogP contribution in [0, 0.1) is 5.82 Å². The van der Waals surface area contributed by atoms with E-state index in [1.807, 2.05) is 0 Å². The Labute approximate surface area is 144 Å². The lowest BCUT2D eigenvalue weighted by atomic mass is 10.1. The number of carbonyl (C=O) groups is 3. The Balaban J connectivity index is 2.03. The minimum absolute atomic E-state index is 0.0202. The van der Waals surface area contributed by atoms with Crippen molar-refractivity contribution in [1.29, 1.82) is 0 Å². The molecule has 0 bridgehead atoms. The number of likely N-dealkylation sites (N-methyl/N-ethyl adjacent to an activating group) is 1. The van der Waals surface area contributed by atoms with E-state index in [0.717, 1.165) is 24.1 Å². The number of imide groups is 1. The smallest absolute Gasteiger partial charge is 0.409 e. The Kier molecular flexibility index (Phi) is 4.04. The molecule has 140 valence electrons. The second-order valence-corrected chi connectivity index (χ2v) is 5.90. The molecule has 0 radical (unpaired) electrons. The van der Waals surface area contributed by atoms with Gasteiger partial charge in [0.1, 0.15) is 11.8 Å². The van der Waals surface area contributed by atoms with Gasteiger partial charge in [0.05, 0.1) is 17.8 Å². The maximum atomic E-state index is 14.4. The number of anilines is 2. The number of ether oxygens (including phenoxy) is 1. The average molecular weight is 375 g/mol. The van der Waals surface area contributed by atoms with Crippen molar-refractivity contribution in [3.05, 3.63) is 17.9 Å². The van der Waals surface area contributed by atoms with Gasteiger partial charge in [-0.05, 0) is 6.07 Å². The highest BCUT2D eigenvalue weighted by molar-refractivity contribution is 6.16. The molecule has 1 unspecified atom stereocenters. The third-order valence-electron chi connectivity index (χ3n) is 4.31. The number of amides is 4. The first-order valence-electron chi connectivity index (χ1n) is 7.41. The lowest BCUT2D eigenvalue weighted by Crippen LogP contribution is -2.60. The largest absolute Gasteiger partial charge is 0.481 e. The number of alkyl halides is 3. The molecular weight excluding hydrogens is 362 g/mol. The molecule has 4 amide bonds. The highest BCUT2D eigenvalue weighted by Crippen LogP contribution is 2.39. The summed E-state index contributed by atoms with van der Waals surface area (Å²) in [6.45, 7) is -0.306. The van der Waals surface area contributed by atoms with Crippen LogP contribution in [0.2, 0.25) is 0 Å². The predicted molar refractivity (Wildman–Crippen MR) is 80.4 cm³/mol. The van der Waals surface area contributed by atoms with Gasteiger partial charge in [-0.2, -0.15) is 13.2 Å². The predicted octanol–water partition coefficient (Wildman–Crippen LogP) is 1.90. The standard InChI is InChI=1S/C15H13F4N3O4/c1-20-9-4-8(7(16)3-10(9)26-6-13(20)24)22-12(23)5-11(15(17,18)19)21(2)14(22)25/h3-4,11H,5-6H2,1-2H3. The second-order valence-electron chi connectivity index (χ2n) is 5.90. The molecule has 2 aliphatic heterocycles. The zero-order valence-electron chi connectivity index (χ0n) is 13.6. The van der Waals surface area contributed by atoms with Crippen molar-refractivity contribution in [1.82, 2.24) is 4.90 Å². The number of hydrogen-bond acceptors (Lipinski definition) is 4. The van der Waals surface area contributed by atoms with Gasteiger partial charge in [0.15, 0.2) is 12.4 Å². The molecule has 26 heavy (non-hydrogen) atoms. The first-order valence-corrected chi connectivity index (χ1v) is 7.41. The maximum Gasteiger partial charge on any atom is 0.409 e. The quantitative estimate of drug-likeness (QED) is 0.703. The molecule has 0 saturated carbocycles. The normalized spacial score (nSPS) is 21.1. The fourth-order valence-corrected chi connectivity index (χ4v) is 2.82. The van der Waals surface area contributed by atoms with E-state index in [1.54, 1.807) is 0 Å². The van der Waals surface area contributed by atoms with Gasteiger partial charge in [0, 0.05) is 20.2 Å². The number of urea groups is 1. The first-order chi connectivity index (χ1) is 12.0. The van der Waals surface area contributed by atoms with Crippen LogP contribution in [0.25, 0.3) is 0 Å². The second kappa shape index (κ2) is 5.85. The van der Waals surface area contributed by atoms with Crippen LogP contribution >= 0.6 is 0 Å². The fraction of sp³-hybridized carbons (Fsp3) is 0.400. The molecule has 0 N–H and O–H groups in total. The molecule has 1 atom stereocenters. The van der Waals surface area contributed by atoms with Gasteiger partial charge in [0.2, 0.25) is 5.91 Å². The van der Waals surface area contributed by atoms with Gasteiger partial charge in [-0.15, -0.1) is 0 Å². The van der Waals surface area contributed by atoms with Gasteiger partial charge < -0.3 is 14.5 Å². The summed E-state index contributed by atoms with van der Waals surface area (Å²) >= 11 is 0. The number of fused-ring (bicyclic) bond motifs is 1. The van der Waals surface area contributed by atoms with Gasteiger partial charge in [-0.25, -0.2) is 14.1 Å². The Hall–Kier alpha value is -2.85. The summed E-state index contributed by atoms with van der Waals surface area (Å²) in [7, 11) is 2.27. The topological polar surface area (TPSA) is 70.2 Å². The number of benzene rings is 1. The summed E-state index contributed by atoms with van der Waals surface area (Å²) in [6, 6.07) is -1.69. The summed E-state index contributed by atoms with van der Waals surface area (Å²) in [5, 5.41) is 0. The molecule has 0 aromatic heterocycles. The number of rotatable bonds is 1. The van der Waals surface area contributed by atoms with E-state index >= 15 is 0 Å². The van der Waals surface area contributed by atoms with Crippen LogP contribution in [-0.2, 0) is 9.59 Å². The molecular formula is C15H13F4N3O4. The van der Waals surface area contributed by atoms with E-state index < -0.39 is 48.0 Å². The first kappa shape index (κ1) is 18.0. The molecule has 2 heterocycles. The van der Waals surface area contributed by atoms with Crippen molar-refractivity contribution >= 4 is 29.2 Å². The summed E-state index contributed by atoms with van der Waals surface area (Å²) < 4.78 is 58.4. The monoisotopic (exact) mass is 375 g/mol. The van der Waals surface area contributed by atoms with Crippen LogP contribution in [-0.4, -0.2) is 55.7 Å². The highest BCUT2D eigenvalue weighted by atomic mass is 19.4. The van der Waals surface area contributed by atoms with E-state index in [0.29, 0.717) is 9.80 Å². The zero-order chi connectivity index (χ0) is 19.4. The van der Waals surface area contributed by atoms with E-state index in [9.17, 15) is 31.9 Å². The van der Waals surface area contributed by atoms with Crippen molar-refractivity contribution in [3.63, 3.8) is 0 Å². The van der Waals surface area contributed by atoms with Gasteiger partial charge in [-0.1, -0.05) is 0 Å². The Bertz CT molecular complexity index is 811. The number of hydrogen-bond donors (Lipinski definition) is 0. The summed E-state index contributed by atoms with van der Waals surface area (Å²) in [4.78, 5) is 38.0. The fourth-order valence-electron chi connectivity index (χ4n) is 2.82. The lowest BCUT2D eigenvalue weighted by Gasteiger charge is -2.39. The molecule has 0 spiro atoms. The van der Waals surface area contributed by atoms with Crippen LogP contribution in [0.3, 0.4) is 0 Å². The summed E-state index contributed by atoms with van der Waals surface area (Å²) in [5.41, 5.74) is -0.449. The van der Waals surface area contributed by atoms with Crippen LogP contribution < -0.4 is 14.5 Å². The van der Waals surface area contributed by atoms with Crippen molar-refractivity contribution in [2.24, 2.45) is 0 Å². The van der Waals surface area contributed by atoms with Crippen LogP contribution in [0.5, 0.6) is 5.75 Å². The summed E-state index contributed by atoms with van der Waals surface area (Å²) in [6.07, 6.45) is -5.82. The Morgan fingerprint density at radius 3 is 2.35 bits per heavy atom. The molecule has 1 saturated heterocycles. The van der Waals surface area contributed by atoms with Crippen molar-refractivity contribution in [2.45, 2.75) is 18.6 Å². The third-order valence-corrected chi connectivity index (χ3v) is 4.31. The van der Waals surface area contributed by atoms with Crippen LogP contribution in [0.4, 0.5) is 33.7 Å². The van der Waals surface area contributed by atoms with Crippen molar-refractivity contribution < 1.29 is 36.7 Å². The Morgan fingerprint density at radius 2 is 1.73 bits per heavy atom. The van der Waals surface area contributed by atoms with E-state index in [4.69, 9.17) is 4.74 Å². The SMILES string of the molecule is CN1C(=O)COc2cc(F)c(N3C(=O)CC(C(F)(F)F)N(C)C3=O)cc21. The van der Waals surface area contributed by atoms with Crippen molar-refractivity contribution in [3.8, 4) is 5.75 Å². The van der Waals surface area contributed by atoms with Crippen LogP contribution in [0.15, 0.2) is 12.1 Å². The number of nitrogens with zero attached hydrogens (tertiary/aromatic N) is 3. The molecule has 2 aliphatic rings. The molecule has 1 aromatic rings. The van der Waals surface area contributed by atoms with Crippen molar-refractivity contribution in [2.75, 3.05) is 30.5 Å². The molecule has 1 fully saturated rings. The van der Waals surface area contributed by atoms with E-state index in [1.165, 1.54) is 7.05 Å².